The molecular formula is C26H29F3N4O4. The number of anilines is 1. The van der Waals surface area contributed by atoms with Crippen molar-refractivity contribution in [2.75, 3.05) is 37.6 Å². The Bertz CT molecular complexity index is 1150. The minimum absolute atomic E-state index is 0.0799. The van der Waals surface area contributed by atoms with Gasteiger partial charge in [0.05, 0.1) is 23.4 Å². The number of likely N-dealkylation sites (tertiary alicyclic amines) is 1. The highest BCUT2D eigenvalue weighted by molar-refractivity contribution is 5.96. The van der Waals surface area contributed by atoms with Crippen molar-refractivity contribution in [1.82, 2.24) is 15.5 Å². The van der Waals surface area contributed by atoms with Crippen LogP contribution in [0.25, 0.3) is 0 Å². The zero-order valence-corrected chi connectivity index (χ0v) is 20.1. The molecule has 8 nitrogen and oxygen atoms in total. The van der Waals surface area contributed by atoms with Crippen molar-refractivity contribution >= 4 is 23.5 Å². The molecule has 2 fully saturated rings. The number of aromatic carboxylic acids is 1. The second kappa shape index (κ2) is 11.2. The SMILES string of the molecule is O=C(CNC(=O)c1cccc(C(F)(F)F)c1)N[C@@H]1CCN(C2CCN(c3ccccc3C(=O)O)CC2)C1. The standard InChI is InChI=1S/C26H29F3N4O4/c27-26(28,29)18-5-3-4-17(14-18)24(35)30-15-23(34)31-19-8-11-33(16-19)20-9-12-32(13-10-20)22-7-2-1-6-21(22)25(36)37/h1-7,14,19-20H,8-13,15-16H2,(H,30,35)(H,31,34)(H,36,37)/t19-/m1/s1. The summed E-state index contributed by atoms with van der Waals surface area (Å²) >= 11 is 0. The molecule has 2 saturated heterocycles. The van der Waals surface area contributed by atoms with Gasteiger partial charge in [0.15, 0.2) is 0 Å². The van der Waals surface area contributed by atoms with Gasteiger partial charge in [-0.1, -0.05) is 18.2 Å². The Morgan fingerprint density at radius 3 is 2.41 bits per heavy atom. The van der Waals surface area contributed by atoms with Gasteiger partial charge in [0.2, 0.25) is 5.91 Å². The van der Waals surface area contributed by atoms with Crippen molar-refractivity contribution in [3.63, 3.8) is 0 Å². The number of hydrogen-bond acceptors (Lipinski definition) is 5. The largest absolute Gasteiger partial charge is 0.478 e. The minimum Gasteiger partial charge on any atom is -0.478 e. The third-order valence-electron chi connectivity index (χ3n) is 6.90. The molecule has 2 aliphatic heterocycles. The second-order valence-corrected chi connectivity index (χ2v) is 9.35. The van der Waals surface area contributed by atoms with Gasteiger partial charge in [-0.15, -0.1) is 0 Å². The van der Waals surface area contributed by atoms with Crippen molar-refractivity contribution in [2.24, 2.45) is 0 Å². The monoisotopic (exact) mass is 518 g/mol. The Labute approximate surface area is 212 Å². The van der Waals surface area contributed by atoms with Crippen LogP contribution in [-0.2, 0) is 11.0 Å². The lowest BCUT2D eigenvalue weighted by atomic mass is 10.0. The summed E-state index contributed by atoms with van der Waals surface area (Å²) in [5, 5.41) is 14.7. The number of amides is 2. The van der Waals surface area contributed by atoms with Crippen LogP contribution in [-0.4, -0.2) is 72.6 Å². The maximum atomic E-state index is 12.9. The smallest absolute Gasteiger partial charge is 0.416 e. The molecule has 0 bridgehead atoms. The molecule has 0 aliphatic carbocycles. The van der Waals surface area contributed by atoms with E-state index in [-0.39, 0.29) is 18.2 Å². The maximum Gasteiger partial charge on any atom is 0.416 e. The van der Waals surface area contributed by atoms with Crippen molar-refractivity contribution in [3.8, 4) is 0 Å². The highest BCUT2D eigenvalue weighted by atomic mass is 19.4. The molecule has 2 amide bonds. The molecule has 2 heterocycles. The van der Waals surface area contributed by atoms with Gasteiger partial charge in [-0.05, 0) is 49.6 Å². The molecule has 0 spiro atoms. The van der Waals surface area contributed by atoms with E-state index in [0.29, 0.717) is 18.2 Å². The van der Waals surface area contributed by atoms with Gasteiger partial charge in [-0.2, -0.15) is 13.2 Å². The fourth-order valence-electron chi connectivity index (χ4n) is 5.02. The van der Waals surface area contributed by atoms with Crippen LogP contribution in [0.3, 0.4) is 0 Å². The normalized spacial score (nSPS) is 19.0. The Kier molecular flexibility index (Phi) is 8.01. The molecule has 2 aromatic rings. The van der Waals surface area contributed by atoms with Crippen LogP contribution in [0.15, 0.2) is 48.5 Å². The number of nitrogens with zero attached hydrogens (tertiary/aromatic N) is 2. The van der Waals surface area contributed by atoms with E-state index in [2.05, 4.69) is 20.4 Å². The third-order valence-corrected chi connectivity index (χ3v) is 6.90. The lowest BCUT2D eigenvalue weighted by molar-refractivity contribution is -0.137. The lowest BCUT2D eigenvalue weighted by Crippen LogP contribution is -2.47. The van der Waals surface area contributed by atoms with E-state index in [1.807, 2.05) is 12.1 Å². The molecule has 198 valence electrons. The first-order chi connectivity index (χ1) is 17.6. The summed E-state index contributed by atoms with van der Waals surface area (Å²) in [6, 6.07) is 11.3. The van der Waals surface area contributed by atoms with Gasteiger partial charge in [-0.3, -0.25) is 14.5 Å². The number of halogens is 3. The molecule has 11 heteroatoms. The van der Waals surface area contributed by atoms with Crippen LogP contribution in [0, 0.1) is 0 Å². The molecule has 0 aromatic heterocycles. The number of carboxylic acids is 1. The van der Waals surface area contributed by atoms with E-state index in [1.54, 1.807) is 12.1 Å². The highest BCUT2D eigenvalue weighted by Gasteiger charge is 2.33. The van der Waals surface area contributed by atoms with Gasteiger partial charge in [0.1, 0.15) is 0 Å². The van der Waals surface area contributed by atoms with Crippen LogP contribution in [0.1, 0.15) is 45.5 Å². The van der Waals surface area contributed by atoms with Crippen molar-refractivity contribution in [2.45, 2.75) is 37.5 Å². The number of alkyl halides is 3. The summed E-state index contributed by atoms with van der Waals surface area (Å²) in [6.45, 7) is 2.64. The topological polar surface area (TPSA) is 102 Å². The van der Waals surface area contributed by atoms with Crippen LogP contribution in [0.5, 0.6) is 0 Å². The average Bonchev–Trinajstić information content (AvgIpc) is 3.35. The Morgan fingerprint density at radius 1 is 0.973 bits per heavy atom. The van der Waals surface area contributed by atoms with E-state index in [9.17, 15) is 32.7 Å². The number of rotatable bonds is 7. The van der Waals surface area contributed by atoms with Crippen molar-refractivity contribution in [3.05, 3.63) is 65.2 Å². The van der Waals surface area contributed by atoms with Gasteiger partial charge in [0.25, 0.3) is 5.91 Å². The predicted octanol–water partition coefficient (Wildman–Crippen LogP) is 2.99. The summed E-state index contributed by atoms with van der Waals surface area (Å²) < 4.78 is 38.6. The molecular weight excluding hydrogens is 489 g/mol. The number of carbonyl (C=O) groups is 3. The van der Waals surface area contributed by atoms with Gasteiger partial charge < -0.3 is 20.6 Å². The van der Waals surface area contributed by atoms with E-state index in [0.717, 1.165) is 62.8 Å². The number of carboxylic acid groups (broad SMARTS) is 1. The predicted molar refractivity (Wildman–Crippen MR) is 131 cm³/mol. The number of benzene rings is 2. The summed E-state index contributed by atoms with van der Waals surface area (Å²) in [5.74, 6) is -2.08. The second-order valence-electron chi connectivity index (χ2n) is 9.35. The average molecular weight is 519 g/mol. The van der Waals surface area contributed by atoms with E-state index in [1.165, 1.54) is 6.07 Å². The fraction of sp³-hybridized carbons (Fsp3) is 0.423. The Hall–Kier alpha value is -3.60. The molecule has 3 N–H and O–H groups in total. The zero-order valence-electron chi connectivity index (χ0n) is 20.1. The molecule has 37 heavy (non-hydrogen) atoms. The van der Waals surface area contributed by atoms with E-state index < -0.39 is 29.5 Å². The van der Waals surface area contributed by atoms with E-state index in [4.69, 9.17) is 0 Å². The Balaban J connectivity index is 1.21. The van der Waals surface area contributed by atoms with Gasteiger partial charge in [-0.25, -0.2) is 4.79 Å². The number of carbonyl (C=O) groups excluding carboxylic acids is 2. The molecule has 1 atom stereocenters. The summed E-state index contributed by atoms with van der Waals surface area (Å²) in [6.07, 6.45) is -2.04. The number of para-hydroxylation sites is 1. The number of hydrogen-bond donors (Lipinski definition) is 3. The van der Waals surface area contributed by atoms with Crippen LogP contribution < -0.4 is 15.5 Å². The molecule has 0 radical (unpaired) electrons. The number of nitrogens with one attached hydrogen (secondary N) is 2. The lowest BCUT2D eigenvalue weighted by Gasteiger charge is -2.38. The molecule has 4 rings (SSSR count). The summed E-state index contributed by atoms with van der Waals surface area (Å²) in [7, 11) is 0. The summed E-state index contributed by atoms with van der Waals surface area (Å²) in [5.41, 5.74) is -0.0585. The third kappa shape index (κ3) is 6.59. The van der Waals surface area contributed by atoms with Gasteiger partial charge in [0, 0.05) is 43.8 Å². The van der Waals surface area contributed by atoms with Crippen molar-refractivity contribution in [1.29, 1.82) is 0 Å². The quantitative estimate of drug-likeness (QED) is 0.521. The van der Waals surface area contributed by atoms with E-state index >= 15 is 0 Å². The fourth-order valence-corrected chi connectivity index (χ4v) is 5.02. The number of piperidine rings is 1. The minimum atomic E-state index is -4.55. The molecule has 0 unspecified atom stereocenters. The highest BCUT2D eigenvalue weighted by Crippen LogP contribution is 2.30. The Morgan fingerprint density at radius 2 is 1.70 bits per heavy atom. The first-order valence-corrected chi connectivity index (χ1v) is 12.2. The first-order valence-electron chi connectivity index (χ1n) is 12.2. The maximum absolute atomic E-state index is 12.9. The van der Waals surface area contributed by atoms with Crippen molar-refractivity contribution < 1.29 is 32.7 Å². The molecule has 2 aliphatic rings. The molecule has 0 saturated carbocycles. The van der Waals surface area contributed by atoms with Crippen LogP contribution in [0.2, 0.25) is 0 Å². The first kappa shape index (κ1) is 26.5. The van der Waals surface area contributed by atoms with Crippen LogP contribution in [0.4, 0.5) is 18.9 Å². The molecule has 2 aromatic carbocycles. The zero-order chi connectivity index (χ0) is 26.6. The summed E-state index contributed by atoms with van der Waals surface area (Å²) in [4.78, 5) is 40.5. The van der Waals surface area contributed by atoms with Crippen LogP contribution >= 0.6 is 0 Å². The van der Waals surface area contributed by atoms with Gasteiger partial charge >= 0.3 is 12.1 Å².